The molecule has 0 radical (unpaired) electrons. The average molecular weight is 366 g/mol. The summed E-state index contributed by atoms with van der Waals surface area (Å²) in [5.74, 6) is -0.272. The standard InChI is InChI=1S/C20H22N4O3/c1-12-4-5-14(20(26)27)10-15(12)19-18(13-6-8-21-17(25)11-13)22-16(23-19)7-9-24(2)3/h4-6,8,10-11H,7,9H2,1-3H3,(H,21,25)(H,22,23)(H,26,27). The number of benzene rings is 1. The summed E-state index contributed by atoms with van der Waals surface area (Å²) in [5.41, 5.74) is 4.00. The Bertz CT molecular complexity index is 979. The zero-order chi connectivity index (χ0) is 19.6. The molecule has 27 heavy (non-hydrogen) atoms. The van der Waals surface area contributed by atoms with Crippen LogP contribution in [0, 0.1) is 6.92 Å². The molecule has 3 rings (SSSR count). The van der Waals surface area contributed by atoms with E-state index in [2.05, 4.69) is 14.9 Å². The van der Waals surface area contributed by atoms with Gasteiger partial charge >= 0.3 is 5.97 Å². The number of rotatable bonds is 6. The van der Waals surface area contributed by atoms with E-state index in [-0.39, 0.29) is 11.4 Å². The van der Waals surface area contributed by atoms with E-state index in [1.807, 2.05) is 21.0 Å². The number of aromatic nitrogens is 3. The number of nitrogens with one attached hydrogen (secondary N) is 1. The number of imidazole rings is 1. The van der Waals surface area contributed by atoms with Gasteiger partial charge in [-0.3, -0.25) is 0 Å². The monoisotopic (exact) mass is 366 g/mol. The van der Waals surface area contributed by atoms with Gasteiger partial charge in [0, 0.05) is 36.4 Å². The molecule has 0 unspecified atom stereocenters. The molecule has 0 amide bonds. The Kier molecular flexibility index (Phi) is 5.23. The maximum Gasteiger partial charge on any atom is 0.335 e. The number of H-pyrrole nitrogens is 1. The van der Waals surface area contributed by atoms with Crippen molar-refractivity contribution in [3.8, 4) is 28.4 Å². The number of hydrogen-bond donors (Lipinski definition) is 3. The highest BCUT2D eigenvalue weighted by Crippen LogP contribution is 2.33. The van der Waals surface area contributed by atoms with Gasteiger partial charge in [-0.15, -0.1) is 0 Å². The van der Waals surface area contributed by atoms with Crippen molar-refractivity contribution >= 4 is 5.97 Å². The van der Waals surface area contributed by atoms with Gasteiger partial charge in [-0.2, -0.15) is 0 Å². The van der Waals surface area contributed by atoms with E-state index in [0.717, 1.165) is 34.8 Å². The second kappa shape index (κ2) is 7.59. The first kappa shape index (κ1) is 18.6. The van der Waals surface area contributed by atoms with Gasteiger partial charge in [-0.1, -0.05) is 6.07 Å². The van der Waals surface area contributed by atoms with Crippen LogP contribution in [0.5, 0.6) is 5.88 Å². The quantitative estimate of drug-likeness (QED) is 0.620. The molecule has 0 aliphatic carbocycles. The molecule has 3 N–H and O–H groups in total. The molecule has 0 aliphatic heterocycles. The van der Waals surface area contributed by atoms with Crippen molar-refractivity contribution in [3.63, 3.8) is 0 Å². The molecular formula is C20H22N4O3. The largest absolute Gasteiger partial charge is 0.493 e. The van der Waals surface area contributed by atoms with Crippen LogP contribution in [-0.2, 0) is 6.42 Å². The molecule has 0 saturated heterocycles. The Morgan fingerprint density at radius 2 is 2.00 bits per heavy atom. The SMILES string of the molecule is Cc1ccc(C(=O)O)cc1-c1nc(CCN(C)C)[nH]c1-c1ccnc(O)c1. The lowest BCUT2D eigenvalue weighted by molar-refractivity contribution is 0.0697. The Hall–Kier alpha value is -3.19. The fourth-order valence-corrected chi connectivity index (χ4v) is 2.86. The van der Waals surface area contributed by atoms with Gasteiger partial charge < -0.3 is 20.1 Å². The topological polar surface area (TPSA) is 102 Å². The predicted octanol–water partition coefficient (Wildman–Crippen LogP) is 2.96. The van der Waals surface area contributed by atoms with Crippen molar-refractivity contribution in [3.05, 3.63) is 53.5 Å². The van der Waals surface area contributed by atoms with E-state index in [0.29, 0.717) is 12.1 Å². The third kappa shape index (κ3) is 4.15. The second-order valence-electron chi connectivity index (χ2n) is 6.70. The molecule has 1 aromatic carbocycles. The molecule has 0 aliphatic rings. The van der Waals surface area contributed by atoms with Gasteiger partial charge in [0.15, 0.2) is 0 Å². The molecule has 7 heteroatoms. The number of carbonyl (C=O) groups is 1. The minimum atomic E-state index is -0.984. The maximum atomic E-state index is 11.4. The lowest BCUT2D eigenvalue weighted by atomic mass is 9.99. The first-order valence-corrected chi connectivity index (χ1v) is 8.58. The molecule has 0 saturated carbocycles. The molecule has 2 aromatic heterocycles. The van der Waals surface area contributed by atoms with Crippen LogP contribution in [0.4, 0.5) is 0 Å². The van der Waals surface area contributed by atoms with Gasteiger partial charge in [0.25, 0.3) is 0 Å². The van der Waals surface area contributed by atoms with Gasteiger partial charge in [-0.25, -0.2) is 14.8 Å². The van der Waals surface area contributed by atoms with Crippen LogP contribution in [0.3, 0.4) is 0 Å². The van der Waals surface area contributed by atoms with Crippen LogP contribution in [-0.4, -0.2) is 56.7 Å². The van der Waals surface area contributed by atoms with Crippen LogP contribution in [0.15, 0.2) is 36.5 Å². The summed E-state index contributed by atoms with van der Waals surface area (Å²) < 4.78 is 0. The summed E-state index contributed by atoms with van der Waals surface area (Å²) in [4.78, 5) is 25.4. The van der Waals surface area contributed by atoms with E-state index in [1.165, 1.54) is 6.20 Å². The van der Waals surface area contributed by atoms with Crippen molar-refractivity contribution in [2.75, 3.05) is 20.6 Å². The molecular weight excluding hydrogens is 344 g/mol. The molecule has 140 valence electrons. The number of aromatic amines is 1. The van der Waals surface area contributed by atoms with Crippen LogP contribution < -0.4 is 0 Å². The fourth-order valence-electron chi connectivity index (χ4n) is 2.86. The van der Waals surface area contributed by atoms with E-state index >= 15 is 0 Å². The molecule has 0 bridgehead atoms. The average Bonchev–Trinajstić information content (AvgIpc) is 3.04. The fraction of sp³-hybridized carbons (Fsp3) is 0.250. The minimum Gasteiger partial charge on any atom is -0.493 e. The second-order valence-corrected chi connectivity index (χ2v) is 6.70. The zero-order valence-corrected chi connectivity index (χ0v) is 15.5. The number of aromatic carboxylic acids is 1. The van der Waals surface area contributed by atoms with Crippen molar-refractivity contribution in [1.82, 2.24) is 19.9 Å². The number of hydrogen-bond acceptors (Lipinski definition) is 5. The molecule has 0 atom stereocenters. The van der Waals surface area contributed by atoms with E-state index in [9.17, 15) is 15.0 Å². The van der Waals surface area contributed by atoms with Crippen molar-refractivity contribution in [1.29, 1.82) is 0 Å². The lowest BCUT2D eigenvalue weighted by Gasteiger charge is -2.08. The molecule has 3 aromatic rings. The number of carboxylic acid groups (broad SMARTS) is 1. The minimum absolute atomic E-state index is 0.0844. The van der Waals surface area contributed by atoms with Crippen molar-refractivity contribution < 1.29 is 15.0 Å². The van der Waals surface area contributed by atoms with Crippen LogP contribution in [0.1, 0.15) is 21.7 Å². The Morgan fingerprint density at radius 1 is 1.22 bits per heavy atom. The highest BCUT2D eigenvalue weighted by molar-refractivity contribution is 5.91. The van der Waals surface area contributed by atoms with Crippen LogP contribution in [0.25, 0.3) is 22.5 Å². The zero-order valence-electron chi connectivity index (χ0n) is 15.5. The third-order valence-electron chi connectivity index (χ3n) is 4.32. The van der Waals surface area contributed by atoms with Gasteiger partial charge in [-0.05, 0) is 44.8 Å². The van der Waals surface area contributed by atoms with Gasteiger partial charge in [0.2, 0.25) is 5.88 Å². The summed E-state index contributed by atoms with van der Waals surface area (Å²) in [6, 6.07) is 8.33. The van der Waals surface area contributed by atoms with Crippen LogP contribution >= 0.6 is 0 Å². The van der Waals surface area contributed by atoms with E-state index in [4.69, 9.17) is 4.98 Å². The Labute approximate surface area is 157 Å². The summed E-state index contributed by atoms with van der Waals surface area (Å²) >= 11 is 0. The van der Waals surface area contributed by atoms with Crippen molar-refractivity contribution in [2.24, 2.45) is 0 Å². The Balaban J connectivity index is 2.16. The van der Waals surface area contributed by atoms with Crippen molar-refractivity contribution in [2.45, 2.75) is 13.3 Å². The summed E-state index contributed by atoms with van der Waals surface area (Å²) in [5, 5.41) is 19.1. The first-order valence-electron chi connectivity index (χ1n) is 8.58. The third-order valence-corrected chi connectivity index (χ3v) is 4.32. The number of carboxylic acids is 1. The number of aromatic hydroxyl groups is 1. The highest BCUT2D eigenvalue weighted by Gasteiger charge is 2.18. The van der Waals surface area contributed by atoms with E-state index in [1.54, 1.807) is 30.3 Å². The number of likely N-dealkylation sites (N-methyl/N-ethyl adjacent to an activating group) is 1. The van der Waals surface area contributed by atoms with Crippen LogP contribution in [0.2, 0.25) is 0 Å². The van der Waals surface area contributed by atoms with E-state index < -0.39 is 5.97 Å². The normalized spacial score (nSPS) is 11.1. The number of aryl methyl sites for hydroxylation is 1. The number of pyridine rings is 1. The maximum absolute atomic E-state index is 11.4. The number of nitrogens with zero attached hydrogens (tertiary/aromatic N) is 3. The van der Waals surface area contributed by atoms with Gasteiger partial charge in [0.1, 0.15) is 5.82 Å². The molecule has 0 spiro atoms. The summed E-state index contributed by atoms with van der Waals surface area (Å²) in [6.07, 6.45) is 2.24. The summed E-state index contributed by atoms with van der Waals surface area (Å²) in [7, 11) is 3.98. The first-order chi connectivity index (χ1) is 12.8. The van der Waals surface area contributed by atoms with Gasteiger partial charge in [0.05, 0.1) is 17.0 Å². The predicted molar refractivity (Wildman–Crippen MR) is 103 cm³/mol. The highest BCUT2D eigenvalue weighted by atomic mass is 16.4. The molecule has 2 heterocycles. The Morgan fingerprint density at radius 3 is 2.67 bits per heavy atom. The smallest absolute Gasteiger partial charge is 0.335 e. The molecule has 7 nitrogen and oxygen atoms in total. The molecule has 0 fully saturated rings. The summed E-state index contributed by atoms with van der Waals surface area (Å²) in [6.45, 7) is 2.74. The lowest BCUT2D eigenvalue weighted by Crippen LogP contribution is -2.15.